The minimum absolute atomic E-state index is 0.804. The van der Waals surface area contributed by atoms with Crippen molar-refractivity contribution in [2.45, 2.75) is 13.8 Å². The van der Waals surface area contributed by atoms with Gasteiger partial charge in [-0.1, -0.05) is 28.1 Å². The summed E-state index contributed by atoms with van der Waals surface area (Å²) in [6, 6.07) is 8.09. The van der Waals surface area contributed by atoms with Gasteiger partial charge in [-0.2, -0.15) is 0 Å². The normalized spacial score (nSPS) is 10.6. The molecule has 0 unspecified atom stereocenters. The molecule has 1 N–H and O–H groups in total. The van der Waals surface area contributed by atoms with Crippen molar-refractivity contribution in [1.82, 2.24) is 9.78 Å². The molecule has 0 amide bonds. The van der Waals surface area contributed by atoms with E-state index in [9.17, 15) is 0 Å². The lowest BCUT2D eigenvalue weighted by atomic mass is 10.2. The highest BCUT2D eigenvalue weighted by atomic mass is 79.9. The number of halogens is 1. The van der Waals surface area contributed by atoms with Crippen LogP contribution in [-0.4, -0.2) is 9.78 Å². The average Bonchev–Trinajstić information content (AvgIpc) is 2.45. The van der Waals surface area contributed by atoms with Crippen molar-refractivity contribution in [2.24, 2.45) is 0 Å². The summed E-state index contributed by atoms with van der Waals surface area (Å²) < 4.78 is 3.81. The molecule has 2 nitrogen and oxygen atoms in total. The quantitative estimate of drug-likeness (QED) is 0.787. The molecule has 0 fully saturated rings. The molecule has 0 saturated heterocycles. The molecule has 0 aliphatic carbocycles. The molecule has 0 saturated carbocycles. The molecule has 0 bridgehead atoms. The monoisotopic (exact) mass is 282 g/mol. The van der Waals surface area contributed by atoms with E-state index in [1.807, 2.05) is 29.8 Å². The van der Waals surface area contributed by atoms with Crippen LogP contribution >= 0.6 is 28.1 Å². The first-order valence-electron chi connectivity index (χ1n) is 4.63. The number of nitrogens with zero attached hydrogens (tertiary/aromatic N) is 1. The van der Waals surface area contributed by atoms with Gasteiger partial charge in [-0.05, 0) is 43.7 Å². The number of aryl methyl sites for hydroxylation is 2. The third-order valence-corrected chi connectivity index (χ3v) is 3.04. The predicted octanol–water partition coefficient (Wildman–Crippen LogP) is 3.91. The van der Waals surface area contributed by atoms with Crippen molar-refractivity contribution in [3.05, 3.63) is 44.6 Å². The van der Waals surface area contributed by atoms with Gasteiger partial charge >= 0.3 is 0 Å². The van der Waals surface area contributed by atoms with Crippen LogP contribution in [0.1, 0.15) is 11.3 Å². The largest absolute Gasteiger partial charge is 0.297 e. The average molecular weight is 283 g/mol. The topological polar surface area (TPSA) is 20.7 Å². The second-order valence-corrected chi connectivity index (χ2v) is 4.88. The number of benzene rings is 1. The van der Waals surface area contributed by atoms with Crippen molar-refractivity contribution < 1.29 is 0 Å². The molecular weight excluding hydrogens is 272 g/mol. The smallest absolute Gasteiger partial charge is 0.127 e. The fourth-order valence-electron chi connectivity index (χ4n) is 1.56. The summed E-state index contributed by atoms with van der Waals surface area (Å²) in [5.74, 6) is 0. The first-order chi connectivity index (χ1) is 7.08. The van der Waals surface area contributed by atoms with Gasteiger partial charge in [-0.15, -0.1) is 0 Å². The maximum atomic E-state index is 5.27. The molecule has 1 aromatic heterocycles. The summed E-state index contributed by atoms with van der Waals surface area (Å²) in [7, 11) is 0. The zero-order chi connectivity index (χ0) is 11.0. The minimum Gasteiger partial charge on any atom is -0.297 e. The van der Waals surface area contributed by atoms with Gasteiger partial charge in [0.1, 0.15) is 4.64 Å². The number of nitrogens with one attached hydrogen (secondary N) is 1. The SMILES string of the molecule is Cc1cc(=S)n(-c2ccc(Br)cc2C)[nH]1. The first-order valence-corrected chi connectivity index (χ1v) is 5.83. The maximum Gasteiger partial charge on any atom is 0.127 e. The minimum atomic E-state index is 0.804. The molecule has 78 valence electrons. The molecule has 0 atom stereocenters. The van der Waals surface area contributed by atoms with Crippen LogP contribution in [0, 0.1) is 18.5 Å². The standard InChI is InChI=1S/C11H11BrN2S/c1-7-5-9(12)3-4-10(7)14-11(15)6-8(2)13-14/h3-6,13H,1-2H3. The van der Waals surface area contributed by atoms with Gasteiger partial charge in [-0.25, -0.2) is 4.68 Å². The van der Waals surface area contributed by atoms with Gasteiger partial charge in [0.15, 0.2) is 0 Å². The number of H-pyrrole nitrogens is 1. The highest BCUT2D eigenvalue weighted by molar-refractivity contribution is 9.10. The Morgan fingerprint density at radius 2 is 2.00 bits per heavy atom. The van der Waals surface area contributed by atoms with Crippen molar-refractivity contribution in [3.63, 3.8) is 0 Å². The lowest BCUT2D eigenvalue weighted by Crippen LogP contribution is -1.99. The van der Waals surface area contributed by atoms with Crippen LogP contribution in [0.2, 0.25) is 0 Å². The fraction of sp³-hybridized carbons (Fsp3) is 0.182. The Labute approximate surface area is 102 Å². The Morgan fingerprint density at radius 3 is 2.53 bits per heavy atom. The zero-order valence-corrected chi connectivity index (χ0v) is 10.9. The Bertz CT molecular complexity index is 554. The van der Waals surface area contributed by atoms with Crippen LogP contribution in [0.3, 0.4) is 0 Å². The lowest BCUT2D eigenvalue weighted by Gasteiger charge is -2.07. The number of aromatic nitrogens is 2. The molecule has 2 rings (SSSR count). The number of hydrogen-bond donors (Lipinski definition) is 1. The van der Waals surface area contributed by atoms with E-state index in [2.05, 4.69) is 34.0 Å². The molecular formula is C11H11BrN2S. The van der Waals surface area contributed by atoms with Crippen molar-refractivity contribution in [1.29, 1.82) is 0 Å². The summed E-state index contributed by atoms with van der Waals surface area (Å²) in [6.45, 7) is 4.07. The second kappa shape index (κ2) is 3.94. The van der Waals surface area contributed by atoms with E-state index in [4.69, 9.17) is 12.2 Å². The molecule has 1 aromatic carbocycles. The molecule has 0 aliphatic rings. The van der Waals surface area contributed by atoms with Crippen LogP contribution in [0.5, 0.6) is 0 Å². The van der Waals surface area contributed by atoms with Crippen molar-refractivity contribution in [3.8, 4) is 5.69 Å². The predicted molar refractivity (Wildman–Crippen MR) is 68.1 cm³/mol. The Hall–Kier alpha value is -0.870. The molecule has 0 radical (unpaired) electrons. The Kier molecular flexibility index (Phi) is 2.80. The second-order valence-electron chi connectivity index (χ2n) is 3.54. The molecule has 0 aliphatic heterocycles. The van der Waals surface area contributed by atoms with Crippen LogP contribution in [-0.2, 0) is 0 Å². The molecule has 1 heterocycles. The molecule has 4 heteroatoms. The fourth-order valence-corrected chi connectivity index (χ4v) is 2.36. The van der Waals surface area contributed by atoms with E-state index in [-0.39, 0.29) is 0 Å². The summed E-state index contributed by atoms with van der Waals surface area (Å²) in [5.41, 5.74) is 3.35. The van der Waals surface area contributed by atoms with E-state index in [0.717, 1.165) is 20.5 Å². The van der Waals surface area contributed by atoms with Crippen molar-refractivity contribution in [2.75, 3.05) is 0 Å². The van der Waals surface area contributed by atoms with Gasteiger partial charge in [0.25, 0.3) is 0 Å². The molecule has 15 heavy (non-hydrogen) atoms. The van der Waals surface area contributed by atoms with Crippen LogP contribution < -0.4 is 0 Å². The molecule has 0 spiro atoms. The zero-order valence-electron chi connectivity index (χ0n) is 8.54. The highest BCUT2D eigenvalue weighted by Gasteiger charge is 2.03. The van der Waals surface area contributed by atoms with E-state index in [1.54, 1.807) is 0 Å². The third-order valence-electron chi connectivity index (χ3n) is 2.25. The van der Waals surface area contributed by atoms with Gasteiger partial charge in [-0.3, -0.25) is 5.10 Å². The Balaban J connectivity index is 2.64. The number of rotatable bonds is 1. The van der Waals surface area contributed by atoms with Gasteiger partial charge in [0.05, 0.1) is 5.69 Å². The number of aromatic amines is 1. The van der Waals surface area contributed by atoms with Crippen LogP contribution in [0.25, 0.3) is 5.69 Å². The highest BCUT2D eigenvalue weighted by Crippen LogP contribution is 2.19. The van der Waals surface area contributed by atoms with Crippen LogP contribution in [0.4, 0.5) is 0 Å². The van der Waals surface area contributed by atoms with Gasteiger partial charge in [0, 0.05) is 10.2 Å². The first kappa shape index (κ1) is 10.6. The number of hydrogen-bond acceptors (Lipinski definition) is 1. The third kappa shape index (κ3) is 2.06. The Morgan fingerprint density at radius 1 is 1.27 bits per heavy atom. The van der Waals surface area contributed by atoms with Crippen LogP contribution in [0.15, 0.2) is 28.7 Å². The van der Waals surface area contributed by atoms with E-state index < -0.39 is 0 Å². The maximum absolute atomic E-state index is 5.27. The lowest BCUT2D eigenvalue weighted by molar-refractivity contribution is 0.845. The van der Waals surface area contributed by atoms with E-state index in [0.29, 0.717) is 0 Å². The van der Waals surface area contributed by atoms with E-state index in [1.165, 1.54) is 5.56 Å². The van der Waals surface area contributed by atoms with Gasteiger partial charge < -0.3 is 0 Å². The molecule has 2 aromatic rings. The summed E-state index contributed by atoms with van der Waals surface area (Å²) in [6.07, 6.45) is 0. The van der Waals surface area contributed by atoms with E-state index >= 15 is 0 Å². The van der Waals surface area contributed by atoms with Crippen molar-refractivity contribution >= 4 is 28.1 Å². The summed E-state index contributed by atoms with van der Waals surface area (Å²) in [4.78, 5) is 0. The summed E-state index contributed by atoms with van der Waals surface area (Å²) in [5, 5.41) is 3.22. The van der Waals surface area contributed by atoms with Gasteiger partial charge in [0.2, 0.25) is 0 Å². The summed E-state index contributed by atoms with van der Waals surface area (Å²) >= 11 is 8.71.